The number of nitrogens with one attached hydrogen (secondary N) is 2. The number of esters is 1. The van der Waals surface area contributed by atoms with E-state index in [4.69, 9.17) is 4.74 Å². The maximum absolute atomic E-state index is 11.8. The van der Waals surface area contributed by atoms with Gasteiger partial charge in [-0.1, -0.05) is 36.4 Å². The van der Waals surface area contributed by atoms with Crippen molar-refractivity contribution in [1.82, 2.24) is 10.6 Å². The summed E-state index contributed by atoms with van der Waals surface area (Å²) < 4.78 is 4.78. The molecule has 7 nitrogen and oxygen atoms in total. The lowest BCUT2D eigenvalue weighted by Crippen LogP contribution is -2.41. The van der Waals surface area contributed by atoms with Crippen LogP contribution in [0.1, 0.15) is 21.5 Å². The molecular weight excluding hydrogens is 324 g/mol. The zero-order valence-electron chi connectivity index (χ0n) is 13.6. The predicted octanol–water partition coefficient (Wildman–Crippen LogP) is 1.88. The molecule has 130 valence electrons. The fourth-order valence-corrected chi connectivity index (χ4v) is 2.01. The Balaban J connectivity index is 1.76. The van der Waals surface area contributed by atoms with Gasteiger partial charge in [-0.05, 0) is 30.2 Å². The van der Waals surface area contributed by atoms with Gasteiger partial charge >= 0.3 is 12.0 Å². The van der Waals surface area contributed by atoms with Crippen LogP contribution in [0.25, 0.3) is 0 Å². The van der Waals surface area contributed by atoms with E-state index in [1.165, 1.54) is 12.1 Å². The average molecular weight is 342 g/mol. The number of ether oxygens (including phenoxy) is 1. The van der Waals surface area contributed by atoms with Gasteiger partial charge in [-0.2, -0.15) is 0 Å². The van der Waals surface area contributed by atoms with E-state index in [0.29, 0.717) is 0 Å². The summed E-state index contributed by atoms with van der Waals surface area (Å²) >= 11 is 0. The van der Waals surface area contributed by atoms with Gasteiger partial charge in [0, 0.05) is 6.54 Å². The molecule has 7 heteroatoms. The summed E-state index contributed by atoms with van der Waals surface area (Å²) in [5.74, 6) is -1.85. The molecular formula is C18H18N2O5. The SMILES string of the molecule is Cc1ccc(C(=O)OCC(=O)NC(=O)NCc2ccccc2)c(O)c1. The fourth-order valence-electron chi connectivity index (χ4n) is 2.01. The molecule has 0 aliphatic rings. The van der Waals surface area contributed by atoms with Crippen LogP contribution in [0.2, 0.25) is 0 Å². The summed E-state index contributed by atoms with van der Waals surface area (Å²) in [5.41, 5.74) is 1.61. The van der Waals surface area contributed by atoms with Crippen LogP contribution < -0.4 is 10.6 Å². The van der Waals surface area contributed by atoms with E-state index in [1.807, 2.05) is 30.3 Å². The van der Waals surface area contributed by atoms with Crippen molar-refractivity contribution < 1.29 is 24.2 Å². The Bertz CT molecular complexity index is 774. The largest absolute Gasteiger partial charge is 0.507 e. The average Bonchev–Trinajstić information content (AvgIpc) is 2.59. The molecule has 2 aromatic carbocycles. The first-order chi connectivity index (χ1) is 12.0. The normalized spacial score (nSPS) is 9.96. The minimum atomic E-state index is -0.850. The van der Waals surface area contributed by atoms with E-state index in [1.54, 1.807) is 13.0 Å². The summed E-state index contributed by atoms with van der Waals surface area (Å²) in [6, 6.07) is 12.9. The molecule has 0 atom stereocenters. The number of imide groups is 1. The number of phenols is 1. The van der Waals surface area contributed by atoms with Gasteiger partial charge < -0.3 is 15.2 Å². The lowest BCUT2D eigenvalue weighted by atomic mass is 10.1. The summed E-state index contributed by atoms with van der Waals surface area (Å²) in [6.45, 7) is 1.39. The van der Waals surface area contributed by atoms with Gasteiger partial charge in [-0.3, -0.25) is 10.1 Å². The van der Waals surface area contributed by atoms with Crippen LogP contribution in [0.5, 0.6) is 5.75 Å². The Labute approximate surface area is 144 Å². The minimum Gasteiger partial charge on any atom is -0.507 e. The fraction of sp³-hybridized carbons (Fsp3) is 0.167. The van der Waals surface area contributed by atoms with Gasteiger partial charge in [0.1, 0.15) is 11.3 Å². The molecule has 0 aromatic heterocycles. The van der Waals surface area contributed by atoms with Crippen molar-refractivity contribution in [2.75, 3.05) is 6.61 Å². The molecule has 2 rings (SSSR count). The smallest absolute Gasteiger partial charge is 0.342 e. The van der Waals surface area contributed by atoms with Crippen LogP contribution in [0.3, 0.4) is 0 Å². The van der Waals surface area contributed by atoms with Crippen LogP contribution in [0.15, 0.2) is 48.5 Å². The molecule has 0 saturated heterocycles. The topological polar surface area (TPSA) is 105 Å². The van der Waals surface area contributed by atoms with E-state index < -0.39 is 24.5 Å². The highest BCUT2D eigenvalue weighted by atomic mass is 16.5. The molecule has 25 heavy (non-hydrogen) atoms. The number of phenolic OH excluding ortho intramolecular Hbond substituents is 1. The molecule has 0 bridgehead atoms. The third kappa shape index (κ3) is 5.65. The molecule has 0 aliphatic carbocycles. The molecule has 0 saturated carbocycles. The zero-order valence-corrected chi connectivity index (χ0v) is 13.6. The van der Waals surface area contributed by atoms with Gasteiger partial charge in [0.05, 0.1) is 0 Å². The first-order valence-corrected chi connectivity index (χ1v) is 7.54. The number of benzene rings is 2. The van der Waals surface area contributed by atoms with Crippen molar-refractivity contribution in [2.24, 2.45) is 0 Å². The first-order valence-electron chi connectivity index (χ1n) is 7.54. The van der Waals surface area contributed by atoms with Crippen LogP contribution >= 0.6 is 0 Å². The lowest BCUT2D eigenvalue weighted by molar-refractivity contribution is -0.123. The van der Waals surface area contributed by atoms with Gasteiger partial charge in [-0.15, -0.1) is 0 Å². The van der Waals surface area contributed by atoms with Crippen molar-refractivity contribution in [3.05, 3.63) is 65.2 Å². The second-order valence-electron chi connectivity index (χ2n) is 5.31. The van der Waals surface area contributed by atoms with E-state index in [2.05, 4.69) is 10.6 Å². The highest BCUT2D eigenvalue weighted by Gasteiger charge is 2.15. The number of urea groups is 1. The number of rotatable bonds is 5. The molecule has 0 spiro atoms. The number of aryl methyl sites for hydroxylation is 1. The van der Waals surface area contributed by atoms with Crippen LogP contribution in [-0.4, -0.2) is 29.6 Å². The molecule has 0 heterocycles. The van der Waals surface area contributed by atoms with Crippen LogP contribution in [0.4, 0.5) is 4.79 Å². The maximum atomic E-state index is 11.8. The molecule has 0 fully saturated rings. The second-order valence-corrected chi connectivity index (χ2v) is 5.31. The monoisotopic (exact) mass is 342 g/mol. The Morgan fingerprint density at radius 3 is 2.48 bits per heavy atom. The van der Waals surface area contributed by atoms with E-state index >= 15 is 0 Å². The van der Waals surface area contributed by atoms with Gasteiger partial charge in [0.25, 0.3) is 5.91 Å². The number of hydrogen-bond donors (Lipinski definition) is 3. The van der Waals surface area contributed by atoms with Crippen molar-refractivity contribution in [1.29, 1.82) is 0 Å². The molecule has 0 radical (unpaired) electrons. The van der Waals surface area contributed by atoms with Gasteiger partial charge in [0.2, 0.25) is 0 Å². The van der Waals surface area contributed by atoms with Gasteiger partial charge in [-0.25, -0.2) is 9.59 Å². The number of carbonyl (C=O) groups is 3. The van der Waals surface area contributed by atoms with E-state index in [9.17, 15) is 19.5 Å². The zero-order chi connectivity index (χ0) is 18.2. The van der Waals surface area contributed by atoms with E-state index in [0.717, 1.165) is 11.1 Å². The van der Waals surface area contributed by atoms with Crippen molar-refractivity contribution in [2.45, 2.75) is 13.5 Å². The number of aromatic hydroxyl groups is 1. The molecule has 2 aromatic rings. The predicted molar refractivity (Wildman–Crippen MR) is 89.9 cm³/mol. The Morgan fingerprint density at radius 2 is 1.80 bits per heavy atom. The first kappa shape index (κ1) is 18.0. The Morgan fingerprint density at radius 1 is 1.08 bits per heavy atom. The molecule has 3 N–H and O–H groups in total. The highest BCUT2D eigenvalue weighted by molar-refractivity contribution is 5.97. The second kappa shape index (κ2) is 8.49. The summed E-state index contributed by atoms with van der Waals surface area (Å²) in [4.78, 5) is 35.1. The van der Waals surface area contributed by atoms with Crippen molar-refractivity contribution in [3.63, 3.8) is 0 Å². The maximum Gasteiger partial charge on any atom is 0.342 e. The molecule has 0 unspecified atom stereocenters. The van der Waals surface area contributed by atoms with Crippen molar-refractivity contribution in [3.8, 4) is 5.75 Å². The standard InChI is InChI=1S/C18H18N2O5/c1-12-7-8-14(15(21)9-12)17(23)25-11-16(22)20-18(24)19-10-13-5-3-2-4-6-13/h2-9,21H,10-11H2,1H3,(H2,19,20,22,24). The number of carbonyl (C=O) groups excluding carboxylic acids is 3. The van der Waals surface area contributed by atoms with Crippen molar-refractivity contribution >= 4 is 17.9 Å². The number of amides is 3. The van der Waals surface area contributed by atoms with Crippen LogP contribution in [-0.2, 0) is 16.1 Å². The lowest BCUT2D eigenvalue weighted by Gasteiger charge is -2.08. The van der Waals surface area contributed by atoms with E-state index in [-0.39, 0.29) is 17.9 Å². The molecule has 3 amide bonds. The quantitative estimate of drug-likeness (QED) is 0.720. The Kier molecular flexibility index (Phi) is 6.11. The third-order valence-corrected chi connectivity index (χ3v) is 3.26. The molecule has 0 aliphatic heterocycles. The van der Waals surface area contributed by atoms with Gasteiger partial charge in [0.15, 0.2) is 6.61 Å². The number of hydrogen-bond acceptors (Lipinski definition) is 5. The minimum absolute atomic E-state index is 0.0491. The highest BCUT2D eigenvalue weighted by Crippen LogP contribution is 2.19. The van der Waals surface area contributed by atoms with Crippen LogP contribution in [0, 0.1) is 6.92 Å². The summed E-state index contributed by atoms with van der Waals surface area (Å²) in [6.07, 6.45) is 0. The summed E-state index contributed by atoms with van der Waals surface area (Å²) in [5, 5.41) is 14.3. The Hall–Kier alpha value is -3.35. The third-order valence-electron chi connectivity index (χ3n) is 3.26. The summed E-state index contributed by atoms with van der Waals surface area (Å²) in [7, 11) is 0.